The summed E-state index contributed by atoms with van der Waals surface area (Å²) in [5, 5.41) is 11.4. The van der Waals surface area contributed by atoms with Gasteiger partial charge in [-0.3, -0.25) is 4.79 Å². The average Bonchev–Trinajstić information content (AvgIpc) is 2.29. The summed E-state index contributed by atoms with van der Waals surface area (Å²) in [5.41, 5.74) is -0.224. The average molecular weight is 338 g/mol. The second-order valence-electron chi connectivity index (χ2n) is 6.38. The van der Waals surface area contributed by atoms with Gasteiger partial charge in [-0.25, -0.2) is 0 Å². The normalized spacial score (nSPS) is 13.8. The summed E-state index contributed by atoms with van der Waals surface area (Å²) in [7, 11) is 0. The van der Waals surface area contributed by atoms with Gasteiger partial charge in [-0.15, -0.1) is 0 Å². The summed E-state index contributed by atoms with van der Waals surface area (Å²) in [6.45, 7) is 5.03. The third kappa shape index (κ3) is 6.13. The van der Waals surface area contributed by atoms with Crippen molar-refractivity contribution < 1.29 is 23.1 Å². The summed E-state index contributed by atoms with van der Waals surface area (Å²) in [4.78, 5) is 11.9. The van der Waals surface area contributed by atoms with Gasteiger partial charge in [0.2, 0.25) is 5.91 Å². The first-order chi connectivity index (χ1) is 9.88. The van der Waals surface area contributed by atoms with Crippen LogP contribution in [0.3, 0.4) is 0 Å². The smallest absolute Gasteiger partial charge is 0.408 e. The molecule has 0 saturated heterocycles. The van der Waals surface area contributed by atoms with E-state index in [1.165, 1.54) is 18.2 Å². The van der Waals surface area contributed by atoms with Crippen molar-refractivity contribution in [3.8, 4) is 5.75 Å². The van der Waals surface area contributed by atoms with Crippen LogP contribution in [-0.2, 0) is 11.2 Å². The lowest BCUT2D eigenvalue weighted by atomic mass is 9.87. The van der Waals surface area contributed by atoms with Gasteiger partial charge in [0, 0.05) is 5.02 Å². The van der Waals surface area contributed by atoms with Gasteiger partial charge in [0.1, 0.15) is 11.8 Å². The van der Waals surface area contributed by atoms with Gasteiger partial charge < -0.3 is 10.4 Å². The Morgan fingerprint density at radius 3 is 2.36 bits per heavy atom. The van der Waals surface area contributed by atoms with Crippen molar-refractivity contribution in [2.24, 2.45) is 5.41 Å². The first-order valence-electron chi connectivity index (χ1n) is 6.72. The highest BCUT2D eigenvalue weighted by atomic mass is 35.5. The van der Waals surface area contributed by atoms with Gasteiger partial charge in [-0.1, -0.05) is 38.4 Å². The fourth-order valence-electron chi connectivity index (χ4n) is 1.96. The molecule has 1 unspecified atom stereocenters. The van der Waals surface area contributed by atoms with Gasteiger partial charge in [0.15, 0.2) is 0 Å². The Morgan fingerprint density at radius 1 is 1.32 bits per heavy atom. The Hall–Kier alpha value is -1.43. The molecule has 1 atom stereocenters. The number of alkyl halides is 3. The highest BCUT2D eigenvalue weighted by Gasteiger charge is 2.42. The third-order valence-corrected chi connectivity index (χ3v) is 3.29. The van der Waals surface area contributed by atoms with Crippen molar-refractivity contribution in [1.29, 1.82) is 0 Å². The quantitative estimate of drug-likeness (QED) is 0.870. The molecule has 1 aromatic rings. The molecule has 0 saturated carbocycles. The van der Waals surface area contributed by atoms with Crippen LogP contribution in [0.25, 0.3) is 0 Å². The lowest BCUT2D eigenvalue weighted by molar-refractivity contribution is -0.166. The number of carbonyl (C=O) groups excluding carboxylic acids is 1. The van der Waals surface area contributed by atoms with Gasteiger partial charge in [0.05, 0.1) is 6.42 Å². The van der Waals surface area contributed by atoms with Gasteiger partial charge in [0.25, 0.3) is 0 Å². The van der Waals surface area contributed by atoms with E-state index in [4.69, 9.17) is 11.6 Å². The van der Waals surface area contributed by atoms with E-state index < -0.39 is 23.5 Å². The number of benzene rings is 1. The fourth-order valence-corrected chi connectivity index (χ4v) is 2.20. The number of hydrogen-bond donors (Lipinski definition) is 2. The van der Waals surface area contributed by atoms with Crippen LogP contribution in [0.1, 0.15) is 32.8 Å². The molecule has 1 rings (SSSR count). The molecule has 0 heterocycles. The van der Waals surface area contributed by atoms with Crippen LogP contribution in [0, 0.1) is 5.41 Å². The number of phenols is 1. The molecule has 0 radical (unpaired) electrons. The Kier molecular flexibility index (Phi) is 5.73. The standard InChI is InChI=1S/C15H19ClF3NO2/c1-14(2,3)8-12(15(17,18)19)20-13(22)6-9-4-5-10(21)7-11(9)16/h4-5,7,12,21H,6,8H2,1-3H3,(H,20,22). The molecule has 0 spiro atoms. The maximum absolute atomic E-state index is 13.0. The monoisotopic (exact) mass is 337 g/mol. The number of halogens is 4. The zero-order valence-electron chi connectivity index (χ0n) is 12.6. The van der Waals surface area contributed by atoms with E-state index in [0.717, 1.165) is 0 Å². The van der Waals surface area contributed by atoms with E-state index in [1.54, 1.807) is 20.8 Å². The number of amides is 1. The maximum atomic E-state index is 13.0. The second-order valence-corrected chi connectivity index (χ2v) is 6.79. The Balaban J connectivity index is 2.79. The second kappa shape index (κ2) is 6.77. The SMILES string of the molecule is CC(C)(C)CC(NC(=O)Cc1ccc(O)cc1Cl)C(F)(F)F. The lowest BCUT2D eigenvalue weighted by Gasteiger charge is -2.28. The van der Waals surface area contributed by atoms with Crippen LogP contribution in [-0.4, -0.2) is 23.2 Å². The highest BCUT2D eigenvalue weighted by molar-refractivity contribution is 6.31. The Bertz CT molecular complexity index is 539. The molecule has 3 nitrogen and oxygen atoms in total. The van der Waals surface area contributed by atoms with Crippen molar-refractivity contribution in [2.45, 2.75) is 45.8 Å². The summed E-state index contributed by atoms with van der Waals surface area (Å²) >= 11 is 5.84. The van der Waals surface area contributed by atoms with E-state index in [2.05, 4.69) is 0 Å². The van der Waals surface area contributed by atoms with Crippen molar-refractivity contribution >= 4 is 17.5 Å². The first kappa shape index (κ1) is 18.6. The number of rotatable bonds is 4. The lowest BCUT2D eigenvalue weighted by Crippen LogP contribution is -2.47. The summed E-state index contributed by atoms with van der Waals surface area (Å²) < 4.78 is 39.0. The van der Waals surface area contributed by atoms with E-state index in [1.807, 2.05) is 5.32 Å². The molecular formula is C15H19ClF3NO2. The first-order valence-corrected chi connectivity index (χ1v) is 7.10. The third-order valence-electron chi connectivity index (χ3n) is 2.93. The van der Waals surface area contributed by atoms with Crippen molar-refractivity contribution in [2.75, 3.05) is 0 Å². The summed E-state index contributed by atoms with van der Waals surface area (Å²) in [5.74, 6) is -0.839. The predicted molar refractivity (Wildman–Crippen MR) is 78.9 cm³/mol. The molecule has 1 aromatic carbocycles. The van der Waals surface area contributed by atoms with Crippen LogP contribution in [0.2, 0.25) is 5.02 Å². The zero-order chi connectivity index (χ0) is 17.1. The minimum Gasteiger partial charge on any atom is -0.508 e. The van der Waals surface area contributed by atoms with E-state index in [-0.39, 0.29) is 23.6 Å². The minimum absolute atomic E-state index is 0.0740. The van der Waals surface area contributed by atoms with Crippen molar-refractivity contribution in [3.63, 3.8) is 0 Å². The van der Waals surface area contributed by atoms with Crippen LogP contribution in [0.5, 0.6) is 5.75 Å². The number of phenolic OH excluding ortho intramolecular Hbond substituents is 1. The summed E-state index contributed by atoms with van der Waals surface area (Å²) in [6.07, 6.45) is -5.01. The van der Waals surface area contributed by atoms with E-state index >= 15 is 0 Å². The zero-order valence-corrected chi connectivity index (χ0v) is 13.3. The van der Waals surface area contributed by atoms with Crippen LogP contribution in [0.4, 0.5) is 13.2 Å². The summed E-state index contributed by atoms with van der Waals surface area (Å²) in [6, 6.07) is 2.06. The highest BCUT2D eigenvalue weighted by Crippen LogP contribution is 2.30. The molecule has 0 aliphatic rings. The molecule has 0 aliphatic heterocycles. The van der Waals surface area contributed by atoms with E-state index in [9.17, 15) is 23.1 Å². The predicted octanol–water partition coefficient (Wildman–Crippen LogP) is 4.07. The fraction of sp³-hybridized carbons (Fsp3) is 0.533. The maximum Gasteiger partial charge on any atom is 0.408 e. The molecule has 1 amide bonds. The van der Waals surface area contributed by atoms with Crippen LogP contribution >= 0.6 is 11.6 Å². The molecule has 7 heteroatoms. The van der Waals surface area contributed by atoms with Gasteiger partial charge >= 0.3 is 6.18 Å². The molecule has 0 aromatic heterocycles. The van der Waals surface area contributed by atoms with Crippen molar-refractivity contribution in [1.82, 2.24) is 5.32 Å². The number of carbonyl (C=O) groups is 1. The minimum atomic E-state index is -4.51. The Labute approximate surface area is 132 Å². The number of hydrogen-bond acceptors (Lipinski definition) is 2. The molecular weight excluding hydrogens is 319 g/mol. The van der Waals surface area contributed by atoms with Gasteiger partial charge in [-0.05, 0) is 29.5 Å². The number of nitrogens with one attached hydrogen (secondary N) is 1. The molecule has 0 fully saturated rings. The molecule has 2 N–H and O–H groups in total. The molecule has 22 heavy (non-hydrogen) atoms. The molecule has 0 aliphatic carbocycles. The topological polar surface area (TPSA) is 49.3 Å². The van der Waals surface area contributed by atoms with Gasteiger partial charge in [-0.2, -0.15) is 13.2 Å². The van der Waals surface area contributed by atoms with Crippen molar-refractivity contribution in [3.05, 3.63) is 28.8 Å². The van der Waals surface area contributed by atoms with Crippen LogP contribution in [0.15, 0.2) is 18.2 Å². The molecule has 0 bridgehead atoms. The molecule has 124 valence electrons. The van der Waals surface area contributed by atoms with Crippen LogP contribution < -0.4 is 5.32 Å². The number of aromatic hydroxyl groups is 1. The Morgan fingerprint density at radius 2 is 1.91 bits per heavy atom. The largest absolute Gasteiger partial charge is 0.508 e. The van der Waals surface area contributed by atoms with E-state index in [0.29, 0.717) is 5.56 Å².